The third-order valence-electron chi connectivity index (χ3n) is 11.3. The second-order valence-electron chi connectivity index (χ2n) is 14.7. The van der Waals surface area contributed by atoms with E-state index in [1.54, 1.807) is 0 Å². The molecule has 0 fully saturated rings. The molecule has 3 aromatic heterocycles. The highest BCUT2D eigenvalue weighted by atomic mass is 16.3. The quantitative estimate of drug-likeness (QED) is 0.176. The van der Waals surface area contributed by atoms with E-state index in [0.717, 1.165) is 98.8 Å². The van der Waals surface area contributed by atoms with Gasteiger partial charge in [-0.15, -0.1) is 0 Å². The zero-order valence-electron chi connectivity index (χ0n) is 31.1. The van der Waals surface area contributed by atoms with Crippen molar-refractivity contribution < 1.29 is 8.83 Å². The number of hydrogen-bond acceptors (Lipinski definition) is 5. The van der Waals surface area contributed by atoms with Crippen molar-refractivity contribution in [2.24, 2.45) is 0 Å². The second kappa shape index (κ2) is 12.8. The Morgan fingerprint density at radius 3 is 1.66 bits per heavy atom. The summed E-state index contributed by atoms with van der Waals surface area (Å²) >= 11 is 0. The van der Waals surface area contributed by atoms with Crippen LogP contribution in [-0.2, 0) is 0 Å². The molecule has 0 aliphatic carbocycles. The molecule has 0 saturated carbocycles. The molecule has 0 unspecified atom stereocenters. The summed E-state index contributed by atoms with van der Waals surface area (Å²) in [6, 6.07) is 65.2. The predicted molar refractivity (Wildman–Crippen MR) is 237 cm³/mol. The van der Waals surface area contributed by atoms with Crippen LogP contribution < -0.4 is 0 Å². The first-order chi connectivity index (χ1) is 28.7. The lowest BCUT2D eigenvalue weighted by atomic mass is 9.92. The van der Waals surface area contributed by atoms with E-state index in [2.05, 4.69) is 152 Å². The number of nitrogens with zero attached hydrogens (tertiary/aromatic N) is 3. The molecule has 9 aromatic carbocycles. The van der Waals surface area contributed by atoms with Crippen LogP contribution in [0.4, 0.5) is 0 Å². The Morgan fingerprint density at radius 1 is 0.276 bits per heavy atom. The summed E-state index contributed by atoms with van der Waals surface area (Å²) in [5.41, 5.74) is 10.6. The van der Waals surface area contributed by atoms with E-state index in [1.165, 1.54) is 5.56 Å². The third-order valence-corrected chi connectivity index (χ3v) is 11.3. The molecule has 12 rings (SSSR count). The van der Waals surface area contributed by atoms with Crippen molar-refractivity contribution in [2.45, 2.75) is 0 Å². The van der Waals surface area contributed by atoms with Crippen LogP contribution in [0.15, 0.2) is 197 Å². The average Bonchev–Trinajstić information content (AvgIpc) is 3.87. The lowest BCUT2D eigenvalue weighted by Gasteiger charge is -2.14. The number of benzene rings is 9. The third kappa shape index (κ3) is 5.14. The molecule has 0 spiro atoms. The molecule has 0 bridgehead atoms. The minimum atomic E-state index is 0.585. The summed E-state index contributed by atoms with van der Waals surface area (Å²) in [5.74, 6) is 1.79. The largest absolute Gasteiger partial charge is 0.456 e. The van der Waals surface area contributed by atoms with Crippen molar-refractivity contribution in [1.29, 1.82) is 0 Å². The van der Waals surface area contributed by atoms with Gasteiger partial charge in [-0.25, -0.2) is 15.0 Å². The molecule has 0 amide bonds. The van der Waals surface area contributed by atoms with Gasteiger partial charge in [-0.2, -0.15) is 0 Å². The first-order valence-corrected chi connectivity index (χ1v) is 19.4. The van der Waals surface area contributed by atoms with Gasteiger partial charge in [0.1, 0.15) is 22.3 Å². The summed E-state index contributed by atoms with van der Waals surface area (Å²) in [4.78, 5) is 15.7. The standard InChI is InChI=1S/C53H31N3O2/c1-2-12-32(13-3-1)35-26-29-46-44(31-35)49-40(19-10-22-47(49)58-46)39-27-28-41(38-17-7-6-16-37(38)39)52-54-51(36-25-24-33-14-4-5-15-34(33)30-36)55-53(56-52)43-20-11-23-48-50(43)42-18-8-9-21-45(42)57-48/h1-31H. The van der Waals surface area contributed by atoms with Crippen LogP contribution >= 0.6 is 0 Å². The Kier molecular flexibility index (Phi) is 7.16. The molecular weight excluding hydrogens is 711 g/mol. The molecule has 3 heterocycles. The molecular formula is C53H31N3O2. The van der Waals surface area contributed by atoms with Crippen molar-refractivity contribution in [1.82, 2.24) is 15.0 Å². The monoisotopic (exact) mass is 741 g/mol. The highest BCUT2D eigenvalue weighted by molar-refractivity contribution is 6.17. The summed E-state index contributed by atoms with van der Waals surface area (Å²) in [7, 11) is 0. The van der Waals surface area contributed by atoms with Gasteiger partial charge in [0.25, 0.3) is 0 Å². The fourth-order valence-corrected chi connectivity index (χ4v) is 8.63. The lowest BCUT2D eigenvalue weighted by molar-refractivity contribution is 0.668. The minimum absolute atomic E-state index is 0.585. The lowest BCUT2D eigenvalue weighted by Crippen LogP contribution is -2.01. The molecule has 0 aliphatic rings. The number of fused-ring (bicyclic) bond motifs is 8. The van der Waals surface area contributed by atoms with Crippen LogP contribution in [0.3, 0.4) is 0 Å². The molecule has 0 N–H and O–H groups in total. The molecule has 0 saturated heterocycles. The van der Waals surface area contributed by atoms with E-state index in [1.807, 2.05) is 36.4 Å². The number of aromatic nitrogens is 3. The van der Waals surface area contributed by atoms with Gasteiger partial charge in [0.2, 0.25) is 0 Å². The van der Waals surface area contributed by atoms with Crippen molar-refractivity contribution in [2.75, 3.05) is 0 Å². The molecule has 0 radical (unpaired) electrons. The summed E-state index contributed by atoms with van der Waals surface area (Å²) in [5, 5.41) is 8.61. The van der Waals surface area contributed by atoms with E-state index in [4.69, 9.17) is 23.8 Å². The second-order valence-corrected chi connectivity index (χ2v) is 14.7. The highest BCUT2D eigenvalue weighted by Gasteiger charge is 2.21. The maximum Gasteiger partial charge on any atom is 0.164 e. The van der Waals surface area contributed by atoms with Gasteiger partial charge in [-0.1, -0.05) is 146 Å². The van der Waals surface area contributed by atoms with Crippen LogP contribution in [-0.4, -0.2) is 15.0 Å². The fourth-order valence-electron chi connectivity index (χ4n) is 8.63. The van der Waals surface area contributed by atoms with Gasteiger partial charge >= 0.3 is 0 Å². The number of hydrogen-bond donors (Lipinski definition) is 0. The number of furan rings is 2. The van der Waals surface area contributed by atoms with Gasteiger partial charge < -0.3 is 8.83 Å². The molecule has 5 nitrogen and oxygen atoms in total. The number of rotatable bonds is 5. The highest BCUT2D eigenvalue weighted by Crippen LogP contribution is 2.43. The van der Waals surface area contributed by atoms with E-state index >= 15 is 0 Å². The molecule has 12 aromatic rings. The fraction of sp³-hybridized carbons (Fsp3) is 0. The van der Waals surface area contributed by atoms with Gasteiger partial charge in [0.15, 0.2) is 17.5 Å². The SMILES string of the molecule is c1ccc(-c2ccc3oc4cccc(-c5ccc(-c6nc(-c7ccc8ccccc8c7)nc(-c7cccc8oc9ccccc9c78)n6)c6ccccc56)c4c3c2)cc1. The van der Waals surface area contributed by atoms with Crippen molar-refractivity contribution in [3.63, 3.8) is 0 Å². The van der Waals surface area contributed by atoms with Crippen LogP contribution in [0, 0.1) is 0 Å². The molecule has 5 heteroatoms. The van der Waals surface area contributed by atoms with Gasteiger partial charge in [0, 0.05) is 38.2 Å². The van der Waals surface area contributed by atoms with E-state index < -0.39 is 0 Å². The topological polar surface area (TPSA) is 65.0 Å². The molecule has 0 aliphatic heterocycles. The first kappa shape index (κ1) is 32.4. The predicted octanol–water partition coefficient (Wildman–Crippen LogP) is 14.3. The molecule has 58 heavy (non-hydrogen) atoms. The number of para-hydroxylation sites is 1. The van der Waals surface area contributed by atoms with Crippen LogP contribution in [0.2, 0.25) is 0 Å². The Hall–Kier alpha value is -7.89. The van der Waals surface area contributed by atoms with Gasteiger partial charge in [-0.05, 0) is 86.3 Å². The summed E-state index contributed by atoms with van der Waals surface area (Å²) in [6.07, 6.45) is 0. The molecule has 0 atom stereocenters. The smallest absolute Gasteiger partial charge is 0.164 e. The van der Waals surface area contributed by atoms with Crippen LogP contribution in [0.1, 0.15) is 0 Å². The van der Waals surface area contributed by atoms with Crippen molar-refractivity contribution >= 4 is 65.4 Å². The summed E-state index contributed by atoms with van der Waals surface area (Å²) < 4.78 is 12.8. The van der Waals surface area contributed by atoms with Crippen LogP contribution in [0.5, 0.6) is 0 Å². The zero-order chi connectivity index (χ0) is 38.2. The maximum atomic E-state index is 6.47. The van der Waals surface area contributed by atoms with Crippen molar-refractivity contribution in [3.05, 3.63) is 188 Å². The minimum Gasteiger partial charge on any atom is -0.456 e. The Bertz CT molecular complexity index is 3580. The Labute approximate surface area is 332 Å². The van der Waals surface area contributed by atoms with E-state index in [0.29, 0.717) is 17.5 Å². The van der Waals surface area contributed by atoms with E-state index in [-0.39, 0.29) is 0 Å². The van der Waals surface area contributed by atoms with Crippen LogP contribution in [0.25, 0.3) is 122 Å². The van der Waals surface area contributed by atoms with Gasteiger partial charge in [0.05, 0.1) is 0 Å². The normalized spacial score (nSPS) is 11.8. The van der Waals surface area contributed by atoms with Crippen molar-refractivity contribution in [3.8, 4) is 56.4 Å². The summed E-state index contributed by atoms with van der Waals surface area (Å²) in [6.45, 7) is 0. The average molecular weight is 742 g/mol. The Morgan fingerprint density at radius 2 is 0.845 bits per heavy atom. The first-order valence-electron chi connectivity index (χ1n) is 19.4. The van der Waals surface area contributed by atoms with Gasteiger partial charge in [-0.3, -0.25) is 0 Å². The maximum absolute atomic E-state index is 6.47. The van der Waals surface area contributed by atoms with E-state index in [9.17, 15) is 0 Å². The zero-order valence-corrected chi connectivity index (χ0v) is 31.1. The molecule has 270 valence electrons. The Balaban J connectivity index is 1.09.